The lowest BCUT2D eigenvalue weighted by atomic mass is 9.89. The minimum atomic E-state index is -2.82. The number of nitrogens with one attached hydrogen (secondary N) is 1. The highest BCUT2D eigenvalue weighted by atomic mass is 19.3. The van der Waals surface area contributed by atoms with Crippen LogP contribution >= 0.6 is 0 Å². The largest absolute Gasteiger partial charge is 0.378 e. The van der Waals surface area contributed by atoms with Crippen molar-refractivity contribution in [1.82, 2.24) is 20.1 Å². The van der Waals surface area contributed by atoms with Crippen LogP contribution in [0, 0.1) is 0 Å². The Balaban J connectivity index is 1.76. The molecule has 0 bridgehead atoms. The van der Waals surface area contributed by atoms with E-state index < -0.39 is 18.0 Å². The van der Waals surface area contributed by atoms with Gasteiger partial charge in [-0.1, -0.05) is 0 Å². The highest BCUT2D eigenvalue weighted by molar-refractivity contribution is 5.95. The molecule has 8 heteroatoms. The molecule has 2 aromatic heterocycles. The van der Waals surface area contributed by atoms with Gasteiger partial charge in [-0.2, -0.15) is 5.10 Å². The van der Waals surface area contributed by atoms with Gasteiger partial charge in [0.1, 0.15) is 5.69 Å². The third-order valence-corrected chi connectivity index (χ3v) is 4.00. The van der Waals surface area contributed by atoms with E-state index >= 15 is 0 Å². The number of alkyl halides is 2. The van der Waals surface area contributed by atoms with Crippen molar-refractivity contribution in [2.75, 3.05) is 6.61 Å². The predicted octanol–water partition coefficient (Wildman–Crippen LogP) is 2.50. The molecule has 0 aromatic carbocycles. The van der Waals surface area contributed by atoms with Crippen LogP contribution in [0.3, 0.4) is 0 Å². The maximum absolute atomic E-state index is 13.5. The molecule has 1 fully saturated rings. The maximum atomic E-state index is 13.5. The smallest absolute Gasteiger partial charge is 0.281 e. The van der Waals surface area contributed by atoms with Crippen molar-refractivity contribution in [2.45, 2.75) is 38.3 Å². The Bertz CT molecular complexity index is 699. The first-order chi connectivity index (χ1) is 11.6. The van der Waals surface area contributed by atoms with Gasteiger partial charge in [-0.3, -0.25) is 9.78 Å². The molecule has 24 heavy (non-hydrogen) atoms. The Kier molecular flexibility index (Phi) is 4.84. The van der Waals surface area contributed by atoms with E-state index in [2.05, 4.69) is 15.4 Å². The minimum absolute atomic E-state index is 0.0520. The third kappa shape index (κ3) is 3.28. The molecule has 2 aromatic rings. The molecule has 0 atom stereocenters. The van der Waals surface area contributed by atoms with Crippen LogP contribution in [0.2, 0.25) is 0 Å². The lowest BCUT2D eigenvalue weighted by Crippen LogP contribution is -2.47. The highest BCUT2D eigenvalue weighted by Crippen LogP contribution is 2.27. The number of pyridine rings is 1. The summed E-state index contributed by atoms with van der Waals surface area (Å²) in [6, 6.07) is 3.06. The van der Waals surface area contributed by atoms with E-state index in [1.807, 2.05) is 6.92 Å². The highest BCUT2D eigenvalue weighted by Gasteiger charge is 2.33. The van der Waals surface area contributed by atoms with Crippen LogP contribution in [0.1, 0.15) is 42.2 Å². The summed E-state index contributed by atoms with van der Waals surface area (Å²) in [7, 11) is 0. The third-order valence-electron chi connectivity index (χ3n) is 4.00. The van der Waals surface area contributed by atoms with E-state index in [-0.39, 0.29) is 17.7 Å². The molecule has 1 aliphatic rings. The molecule has 1 N–H and O–H groups in total. The molecule has 1 saturated carbocycles. The summed E-state index contributed by atoms with van der Waals surface area (Å²) in [6.07, 6.45) is 2.84. The topological polar surface area (TPSA) is 69.0 Å². The zero-order chi connectivity index (χ0) is 17.1. The lowest BCUT2D eigenvalue weighted by Gasteiger charge is -2.35. The summed E-state index contributed by atoms with van der Waals surface area (Å²) in [5.74, 6) is -0.537. The predicted molar refractivity (Wildman–Crippen MR) is 82.2 cm³/mol. The Hall–Kier alpha value is -2.35. The number of ether oxygens (including phenoxy) is 1. The molecule has 0 radical (unpaired) electrons. The maximum Gasteiger partial charge on any atom is 0.281 e. The summed E-state index contributed by atoms with van der Waals surface area (Å²) < 4.78 is 33.5. The van der Waals surface area contributed by atoms with Gasteiger partial charge in [-0.15, -0.1) is 0 Å². The van der Waals surface area contributed by atoms with Crippen LogP contribution in [0.5, 0.6) is 0 Å². The molecule has 0 spiro atoms. The molecule has 128 valence electrons. The fourth-order valence-corrected chi connectivity index (χ4v) is 2.75. The molecule has 1 aliphatic carbocycles. The molecule has 6 nitrogen and oxygen atoms in total. The molecule has 0 saturated heterocycles. The molecule has 3 rings (SSSR count). The summed E-state index contributed by atoms with van der Waals surface area (Å²) in [5, 5.41) is 6.71. The number of nitrogens with zero attached hydrogens (tertiary/aromatic N) is 3. The van der Waals surface area contributed by atoms with Crippen LogP contribution < -0.4 is 5.32 Å². The number of aromatic nitrogens is 3. The molecule has 0 unspecified atom stereocenters. The monoisotopic (exact) mass is 336 g/mol. The SMILES string of the molecule is CCOC1CC(NC(=O)c2cnn(-c3ccncc3)c2C(F)F)C1. The molecule has 1 amide bonds. The normalized spacial score (nSPS) is 20.0. The van der Waals surface area contributed by atoms with Crippen LogP contribution in [0.25, 0.3) is 5.69 Å². The van der Waals surface area contributed by atoms with Crippen LogP contribution in [0.15, 0.2) is 30.7 Å². The number of carbonyl (C=O) groups excluding carboxylic acids is 1. The number of hydrogen-bond acceptors (Lipinski definition) is 4. The zero-order valence-electron chi connectivity index (χ0n) is 13.2. The van der Waals surface area contributed by atoms with Crippen molar-refractivity contribution in [1.29, 1.82) is 0 Å². The summed E-state index contributed by atoms with van der Waals surface area (Å²) in [6.45, 7) is 2.54. The van der Waals surface area contributed by atoms with Crippen molar-refractivity contribution >= 4 is 5.91 Å². The van der Waals surface area contributed by atoms with Crippen molar-refractivity contribution in [3.63, 3.8) is 0 Å². The molecular weight excluding hydrogens is 318 g/mol. The Morgan fingerprint density at radius 2 is 2.12 bits per heavy atom. The van der Waals surface area contributed by atoms with E-state index in [0.717, 1.165) is 4.68 Å². The van der Waals surface area contributed by atoms with Crippen molar-refractivity contribution in [2.24, 2.45) is 0 Å². The minimum Gasteiger partial charge on any atom is -0.378 e. The molecule has 2 heterocycles. The van der Waals surface area contributed by atoms with Crippen LogP contribution in [-0.4, -0.2) is 39.4 Å². The van der Waals surface area contributed by atoms with E-state index in [0.29, 0.717) is 25.1 Å². The van der Waals surface area contributed by atoms with Gasteiger partial charge in [0.05, 0.1) is 23.6 Å². The Morgan fingerprint density at radius 1 is 1.42 bits per heavy atom. The number of carbonyl (C=O) groups is 1. The van der Waals surface area contributed by atoms with Gasteiger partial charge in [0.2, 0.25) is 0 Å². The van der Waals surface area contributed by atoms with Gasteiger partial charge in [-0.25, -0.2) is 13.5 Å². The number of rotatable bonds is 6. The van der Waals surface area contributed by atoms with Crippen molar-refractivity contribution in [3.05, 3.63) is 42.0 Å². The second-order valence-corrected chi connectivity index (χ2v) is 5.58. The fourth-order valence-electron chi connectivity index (χ4n) is 2.75. The van der Waals surface area contributed by atoms with E-state index in [1.54, 1.807) is 12.1 Å². The van der Waals surface area contributed by atoms with Gasteiger partial charge >= 0.3 is 0 Å². The van der Waals surface area contributed by atoms with Gasteiger partial charge in [0, 0.05) is 25.0 Å². The first-order valence-corrected chi connectivity index (χ1v) is 7.79. The van der Waals surface area contributed by atoms with E-state index in [4.69, 9.17) is 4.74 Å². The van der Waals surface area contributed by atoms with Crippen LogP contribution in [0.4, 0.5) is 8.78 Å². The van der Waals surface area contributed by atoms with Crippen LogP contribution in [-0.2, 0) is 4.74 Å². The zero-order valence-corrected chi connectivity index (χ0v) is 13.2. The van der Waals surface area contributed by atoms with Crippen molar-refractivity contribution < 1.29 is 18.3 Å². The fraction of sp³-hybridized carbons (Fsp3) is 0.438. The van der Waals surface area contributed by atoms with E-state index in [9.17, 15) is 13.6 Å². The quantitative estimate of drug-likeness (QED) is 0.880. The number of hydrogen-bond donors (Lipinski definition) is 1. The average molecular weight is 336 g/mol. The van der Waals surface area contributed by atoms with Gasteiger partial charge < -0.3 is 10.1 Å². The first kappa shape index (κ1) is 16.5. The van der Waals surface area contributed by atoms with Gasteiger partial charge in [0.15, 0.2) is 0 Å². The standard InChI is InChI=1S/C16H18F2N4O2/c1-2-24-12-7-10(8-12)21-16(23)13-9-20-22(14(13)15(17)18)11-3-5-19-6-4-11/h3-6,9-10,12,15H,2,7-8H2,1H3,(H,21,23). The second kappa shape index (κ2) is 7.04. The first-order valence-electron chi connectivity index (χ1n) is 7.79. The summed E-state index contributed by atoms with van der Waals surface area (Å²) >= 11 is 0. The Morgan fingerprint density at radius 3 is 2.75 bits per heavy atom. The number of halogens is 2. The second-order valence-electron chi connectivity index (χ2n) is 5.58. The molecule has 0 aliphatic heterocycles. The Labute approximate surface area is 137 Å². The summed E-state index contributed by atoms with van der Waals surface area (Å²) in [5.41, 5.74) is -0.0968. The van der Waals surface area contributed by atoms with E-state index in [1.165, 1.54) is 18.6 Å². The van der Waals surface area contributed by atoms with Crippen molar-refractivity contribution in [3.8, 4) is 5.69 Å². The number of amides is 1. The molecular formula is C16H18F2N4O2. The lowest BCUT2D eigenvalue weighted by molar-refractivity contribution is -0.00868. The average Bonchev–Trinajstić information content (AvgIpc) is 2.99. The summed E-state index contributed by atoms with van der Waals surface area (Å²) in [4.78, 5) is 16.2. The van der Waals surface area contributed by atoms with Gasteiger partial charge in [-0.05, 0) is 31.9 Å². The van der Waals surface area contributed by atoms with Gasteiger partial charge in [0.25, 0.3) is 12.3 Å².